The zero-order valence-electron chi connectivity index (χ0n) is 9.84. The molecule has 3 nitrogen and oxygen atoms in total. The predicted molar refractivity (Wildman–Crippen MR) is 70.1 cm³/mol. The highest BCUT2D eigenvalue weighted by Crippen LogP contribution is 2.18. The quantitative estimate of drug-likeness (QED) is 0.826. The number of aliphatic hydroxyl groups is 1. The third-order valence-electron chi connectivity index (χ3n) is 2.63. The van der Waals surface area contributed by atoms with E-state index in [9.17, 15) is 0 Å². The molecule has 1 N–H and O–H groups in total. The smallest absolute Gasteiger partial charge is 0.105 e. The highest BCUT2D eigenvalue weighted by molar-refractivity contribution is 7.99. The lowest BCUT2D eigenvalue weighted by molar-refractivity contribution is 0.282. The Hall–Kier alpha value is -1.26. The fourth-order valence-corrected chi connectivity index (χ4v) is 2.45. The van der Waals surface area contributed by atoms with E-state index >= 15 is 0 Å². The normalized spacial score (nSPS) is 10.7. The molecule has 0 aliphatic rings. The minimum absolute atomic E-state index is 0.110. The van der Waals surface area contributed by atoms with Crippen molar-refractivity contribution in [3.05, 3.63) is 48.0 Å². The Bertz CT molecular complexity index is 465. The average Bonchev–Trinajstić information content (AvgIpc) is 2.76. The zero-order valence-corrected chi connectivity index (χ0v) is 10.7. The van der Waals surface area contributed by atoms with E-state index in [2.05, 4.69) is 21.7 Å². The van der Waals surface area contributed by atoms with Crippen molar-refractivity contribution in [1.29, 1.82) is 0 Å². The number of nitrogens with zero attached hydrogens (tertiary/aromatic N) is 2. The van der Waals surface area contributed by atoms with Gasteiger partial charge in [0.25, 0.3) is 0 Å². The molecule has 0 amide bonds. The van der Waals surface area contributed by atoms with E-state index in [1.54, 1.807) is 0 Å². The summed E-state index contributed by atoms with van der Waals surface area (Å²) in [5, 5.41) is 8.94. The van der Waals surface area contributed by atoms with Gasteiger partial charge in [-0.3, -0.25) is 0 Å². The molecule has 1 aromatic heterocycles. The molecule has 1 heterocycles. The molecule has 0 atom stereocenters. The first-order valence-electron chi connectivity index (χ1n) is 5.60. The van der Waals surface area contributed by atoms with E-state index in [1.165, 1.54) is 4.90 Å². The number of hydrogen-bond acceptors (Lipinski definition) is 3. The largest absolute Gasteiger partial charge is 0.392 e. The SMILES string of the molecule is Cc1nccn1CCSc1ccc(CO)cc1. The Balaban J connectivity index is 1.83. The average molecular weight is 248 g/mol. The van der Waals surface area contributed by atoms with Gasteiger partial charge in [-0.05, 0) is 24.6 Å². The molecule has 2 aromatic rings. The molecule has 0 aliphatic heterocycles. The van der Waals surface area contributed by atoms with Gasteiger partial charge < -0.3 is 9.67 Å². The second-order valence-electron chi connectivity index (χ2n) is 3.82. The highest BCUT2D eigenvalue weighted by Gasteiger charge is 1.98. The van der Waals surface area contributed by atoms with Crippen molar-refractivity contribution in [2.75, 3.05) is 5.75 Å². The van der Waals surface area contributed by atoms with Gasteiger partial charge in [0.2, 0.25) is 0 Å². The minimum Gasteiger partial charge on any atom is -0.392 e. The zero-order chi connectivity index (χ0) is 12.1. The Morgan fingerprint density at radius 3 is 2.65 bits per heavy atom. The van der Waals surface area contributed by atoms with Gasteiger partial charge in [0.15, 0.2) is 0 Å². The van der Waals surface area contributed by atoms with E-state index < -0.39 is 0 Å². The van der Waals surface area contributed by atoms with Crippen LogP contribution >= 0.6 is 11.8 Å². The summed E-state index contributed by atoms with van der Waals surface area (Å²) < 4.78 is 2.15. The molecule has 0 saturated carbocycles. The number of aromatic nitrogens is 2. The van der Waals surface area contributed by atoms with Crippen LogP contribution in [0.2, 0.25) is 0 Å². The fraction of sp³-hybridized carbons (Fsp3) is 0.308. The predicted octanol–water partition coefficient (Wildman–Crippen LogP) is 2.48. The van der Waals surface area contributed by atoms with Crippen LogP contribution in [-0.4, -0.2) is 20.4 Å². The van der Waals surface area contributed by atoms with E-state index in [4.69, 9.17) is 5.11 Å². The summed E-state index contributed by atoms with van der Waals surface area (Å²) in [4.78, 5) is 5.43. The molecule has 4 heteroatoms. The second-order valence-corrected chi connectivity index (χ2v) is 4.99. The summed E-state index contributed by atoms with van der Waals surface area (Å²) in [5.41, 5.74) is 0.958. The van der Waals surface area contributed by atoms with Gasteiger partial charge in [0.05, 0.1) is 6.61 Å². The van der Waals surface area contributed by atoms with Gasteiger partial charge in [-0.2, -0.15) is 0 Å². The summed E-state index contributed by atoms with van der Waals surface area (Å²) in [6.45, 7) is 3.10. The molecular formula is C13H16N2OS. The van der Waals surface area contributed by atoms with Gasteiger partial charge in [-0.25, -0.2) is 4.98 Å². The third-order valence-corrected chi connectivity index (χ3v) is 3.62. The molecular weight excluding hydrogens is 232 g/mol. The number of rotatable bonds is 5. The number of benzene rings is 1. The van der Waals surface area contributed by atoms with Crippen molar-refractivity contribution in [2.45, 2.75) is 25.0 Å². The van der Waals surface area contributed by atoms with Gasteiger partial charge >= 0.3 is 0 Å². The third kappa shape index (κ3) is 3.35. The molecule has 0 unspecified atom stereocenters. The maximum absolute atomic E-state index is 8.94. The first-order chi connectivity index (χ1) is 8.29. The second kappa shape index (κ2) is 5.89. The summed E-state index contributed by atoms with van der Waals surface area (Å²) in [7, 11) is 0. The molecule has 2 rings (SSSR count). The maximum atomic E-state index is 8.94. The number of aliphatic hydroxyl groups excluding tert-OH is 1. The monoisotopic (exact) mass is 248 g/mol. The van der Waals surface area contributed by atoms with Crippen LogP contribution in [-0.2, 0) is 13.2 Å². The van der Waals surface area contributed by atoms with Crippen LogP contribution in [0.3, 0.4) is 0 Å². The van der Waals surface area contributed by atoms with Crippen LogP contribution in [0.15, 0.2) is 41.6 Å². The van der Waals surface area contributed by atoms with Gasteiger partial charge in [-0.15, -0.1) is 11.8 Å². The molecule has 17 heavy (non-hydrogen) atoms. The van der Waals surface area contributed by atoms with Crippen LogP contribution in [0.25, 0.3) is 0 Å². The Kier molecular flexibility index (Phi) is 4.23. The van der Waals surface area contributed by atoms with Gasteiger partial charge in [0, 0.05) is 29.6 Å². The van der Waals surface area contributed by atoms with Gasteiger partial charge in [-0.1, -0.05) is 12.1 Å². The molecule has 0 spiro atoms. The highest BCUT2D eigenvalue weighted by atomic mass is 32.2. The van der Waals surface area contributed by atoms with Crippen LogP contribution in [0.4, 0.5) is 0 Å². The minimum atomic E-state index is 0.110. The van der Waals surface area contributed by atoms with Gasteiger partial charge in [0.1, 0.15) is 5.82 Å². The molecule has 90 valence electrons. The van der Waals surface area contributed by atoms with Crippen molar-refractivity contribution in [3.8, 4) is 0 Å². The maximum Gasteiger partial charge on any atom is 0.105 e. The number of aryl methyl sites for hydroxylation is 2. The summed E-state index contributed by atoms with van der Waals surface area (Å²) >= 11 is 1.82. The Labute approximate surface area is 106 Å². The Morgan fingerprint density at radius 2 is 2.06 bits per heavy atom. The summed E-state index contributed by atoms with van der Waals surface area (Å²) in [6, 6.07) is 8.03. The summed E-state index contributed by atoms with van der Waals surface area (Å²) in [5.74, 6) is 2.08. The van der Waals surface area contributed by atoms with E-state index in [0.29, 0.717) is 0 Å². The molecule has 0 radical (unpaired) electrons. The van der Waals surface area contributed by atoms with Crippen LogP contribution in [0, 0.1) is 6.92 Å². The van der Waals surface area contributed by atoms with E-state index in [1.807, 2.05) is 43.2 Å². The lowest BCUT2D eigenvalue weighted by Crippen LogP contribution is -2.01. The number of hydrogen-bond donors (Lipinski definition) is 1. The summed E-state index contributed by atoms with van der Waals surface area (Å²) in [6.07, 6.45) is 3.83. The fourth-order valence-electron chi connectivity index (χ4n) is 1.59. The molecule has 0 fully saturated rings. The van der Waals surface area contributed by atoms with Crippen molar-refractivity contribution < 1.29 is 5.11 Å². The standard InChI is InChI=1S/C13H16N2OS/c1-11-14-6-7-15(11)8-9-17-13-4-2-12(10-16)3-5-13/h2-7,16H,8-10H2,1H3. The van der Waals surface area contributed by atoms with Crippen molar-refractivity contribution in [3.63, 3.8) is 0 Å². The topological polar surface area (TPSA) is 38.0 Å². The molecule has 1 aromatic carbocycles. The molecule has 0 aliphatic carbocycles. The number of thioether (sulfide) groups is 1. The van der Waals surface area contributed by atoms with E-state index in [0.717, 1.165) is 23.7 Å². The lowest BCUT2D eigenvalue weighted by atomic mass is 10.2. The molecule has 0 bridgehead atoms. The van der Waals surface area contributed by atoms with Crippen molar-refractivity contribution in [2.24, 2.45) is 0 Å². The first-order valence-corrected chi connectivity index (χ1v) is 6.58. The lowest BCUT2D eigenvalue weighted by Gasteiger charge is -2.05. The molecule has 0 saturated heterocycles. The van der Waals surface area contributed by atoms with Crippen LogP contribution in [0.1, 0.15) is 11.4 Å². The van der Waals surface area contributed by atoms with Crippen molar-refractivity contribution in [1.82, 2.24) is 9.55 Å². The van der Waals surface area contributed by atoms with Crippen LogP contribution < -0.4 is 0 Å². The Morgan fingerprint density at radius 1 is 1.29 bits per heavy atom. The first kappa shape index (κ1) is 12.2. The van der Waals surface area contributed by atoms with Crippen LogP contribution in [0.5, 0.6) is 0 Å². The van der Waals surface area contributed by atoms with E-state index in [-0.39, 0.29) is 6.61 Å². The number of imidazole rings is 1. The van der Waals surface area contributed by atoms with Crippen molar-refractivity contribution >= 4 is 11.8 Å².